The summed E-state index contributed by atoms with van der Waals surface area (Å²) in [4.78, 5) is 15.4. The molecule has 1 N–H and O–H groups in total. The highest BCUT2D eigenvalue weighted by Gasteiger charge is 2.05. The second kappa shape index (κ2) is 5.29. The Labute approximate surface area is 99.6 Å². The van der Waals surface area contributed by atoms with Crippen LogP contribution in [-0.2, 0) is 4.79 Å². The van der Waals surface area contributed by atoms with Crippen LogP contribution in [0.15, 0.2) is 33.3 Å². The zero-order chi connectivity index (χ0) is 10.5. The lowest BCUT2D eigenvalue weighted by molar-refractivity contribution is -0.113. The molecule has 2 aromatic rings. The molecule has 0 fully saturated rings. The molecule has 78 valence electrons. The van der Waals surface area contributed by atoms with E-state index in [1.54, 1.807) is 29.3 Å². The standard InChI is InChI=1S/C9H8N2OS3/c12-7(11-9-10-3-5-14-9)6-15-8-2-1-4-13-8/h1-5H,6H2,(H,10,11,12). The van der Waals surface area contributed by atoms with Gasteiger partial charge in [-0.3, -0.25) is 4.79 Å². The minimum atomic E-state index is -0.0108. The number of thioether (sulfide) groups is 1. The van der Waals surface area contributed by atoms with Crippen molar-refractivity contribution in [2.24, 2.45) is 0 Å². The number of rotatable bonds is 4. The smallest absolute Gasteiger partial charge is 0.236 e. The molecule has 0 radical (unpaired) electrons. The number of thiophene rings is 1. The molecule has 0 saturated heterocycles. The maximum Gasteiger partial charge on any atom is 0.236 e. The largest absolute Gasteiger partial charge is 0.301 e. The average molecular weight is 256 g/mol. The Hall–Kier alpha value is -0.850. The quantitative estimate of drug-likeness (QED) is 0.855. The lowest BCUT2D eigenvalue weighted by Gasteiger charge is -1.99. The fourth-order valence-corrected chi connectivity index (χ4v) is 3.05. The van der Waals surface area contributed by atoms with Gasteiger partial charge in [-0.2, -0.15) is 0 Å². The maximum absolute atomic E-state index is 11.4. The first-order valence-corrected chi connectivity index (χ1v) is 6.95. The van der Waals surface area contributed by atoms with Crippen molar-refractivity contribution >= 4 is 45.5 Å². The number of thiazole rings is 1. The van der Waals surface area contributed by atoms with E-state index >= 15 is 0 Å². The number of nitrogens with zero attached hydrogens (tertiary/aromatic N) is 1. The first-order valence-electron chi connectivity index (χ1n) is 4.20. The summed E-state index contributed by atoms with van der Waals surface area (Å²) in [5.74, 6) is 0.420. The van der Waals surface area contributed by atoms with Crippen molar-refractivity contribution in [1.29, 1.82) is 0 Å². The fourth-order valence-electron chi connectivity index (χ4n) is 0.923. The van der Waals surface area contributed by atoms with Gasteiger partial charge in [0.15, 0.2) is 5.13 Å². The minimum absolute atomic E-state index is 0.0108. The molecule has 15 heavy (non-hydrogen) atoms. The SMILES string of the molecule is O=C(CSc1cccs1)Nc1nccs1. The van der Waals surface area contributed by atoms with E-state index in [0.29, 0.717) is 10.9 Å². The number of amides is 1. The van der Waals surface area contributed by atoms with Crippen LogP contribution in [-0.4, -0.2) is 16.6 Å². The number of aromatic nitrogens is 1. The van der Waals surface area contributed by atoms with Gasteiger partial charge in [-0.15, -0.1) is 34.4 Å². The Morgan fingerprint density at radius 2 is 2.40 bits per heavy atom. The van der Waals surface area contributed by atoms with Crippen LogP contribution in [0.3, 0.4) is 0 Å². The molecule has 0 aliphatic rings. The van der Waals surface area contributed by atoms with Crippen molar-refractivity contribution in [2.75, 3.05) is 11.1 Å². The Balaban J connectivity index is 1.78. The number of carbonyl (C=O) groups is 1. The molecule has 0 aromatic carbocycles. The molecule has 2 heterocycles. The van der Waals surface area contributed by atoms with Crippen LogP contribution in [0.5, 0.6) is 0 Å². The summed E-state index contributed by atoms with van der Waals surface area (Å²) in [6.45, 7) is 0. The van der Waals surface area contributed by atoms with Gasteiger partial charge in [0.25, 0.3) is 0 Å². The van der Waals surface area contributed by atoms with Crippen LogP contribution in [0.25, 0.3) is 0 Å². The lowest BCUT2D eigenvalue weighted by Crippen LogP contribution is -2.13. The highest BCUT2D eigenvalue weighted by atomic mass is 32.2. The van der Waals surface area contributed by atoms with E-state index in [4.69, 9.17) is 0 Å². The second-order valence-electron chi connectivity index (χ2n) is 2.61. The molecule has 0 bridgehead atoms. The topological polar surface area (TPSA) is 42.0 Å². The van der Waals surface area contributed by atoms with Crippen molar-refractivity contribution in [1.82, 2.24) is 4.98 Å². The first kappa shape index (κ1) is 10.7. The van der Waals surface area contributed by atoms with Gasteiger partial charge < -0.3 is 5.32 Å². The zero-order valence-electron chi connectivity index (χ0n) is 7.67. The van der Waals surface area contributed by atoms with Gasteiger partial charge in [0.05, 0.1) is 9.96 Å². The van der Waals surface area contributed by atoms with E-state index in [-0.39, 0.29) is 5.91 Å². The Kier molecular flexibility index (Phi) is 3.76. The number of hydrogen-bond acceptors (Lipinski definition) is 5. The third-order valence-corrected chi connectivity index (χ3v) is 4.34. The van der Waals surface area contributed by atoms with E-state index in [1.807, 2.05) is 22.9 Å². The molecule has 6 heteroatoms. The third-order valence-electron chi connectivity index (χ3n) is 1.52. The van der Waals surface area contributed by atoms with E-state index in [9.17, 15) is 4.79 Å². The highest BCUT2D eigenvalue weighted by molar-refractivity contribution is 8.01. The molecule has 0 aliphatic carbocycles. The molecule has 3 nitrogen and oxygen atoms in total. The number of hydrogen-bond donors (Lipinski definition) is 1. The van der Waals surface area contributed by atoms with Gasteiger partial charge in [0, 0.05) is 11.6 Å². The van der Waals surface area contributed by atoms with Crippen LogP contribution >= 0.6 is 34.4 Å². The summed E-state index contributed by atoms with van der Waals surface area (Å²) in [5.41, 5.74) is 0. The van der Waals surface area contributed by atoms with Crippen molar-refractivity contribution in [3.8, 4) is 0 Å². The first-order chi connectivity index (χ1) is 7.34. The second-order valence-corrected chi connectivity index (χ2v) is 5.72. The van der Waals surface area contributed by atoms with E-state index < -0.39 is 0 Å². The van der Waals surface area contributed by atoms with Crippen molar-refractivity contribution in [3.63, 3.8) is 0 Å². The van der Waals surface area contributed by atoms with E-state index in [1.165, 1.54) is 11.3 Å². The molecule has 2 aromatic heterocycles. The van der Waals surface area contributed by atoms with Gasteiger partial charge in [0.2, 0.25) is 5.91 Å². The molecule has 0 spiro atoms. The van der Waals surface area contributed by atoms with Crippen LogP contribution in [0.2, 0.25) is 0 Å². The Morgan fingerprint density at radius 1 is 1.47 bits per heavy atom. The molecule has 0 atom stereocenters. The molecule has 1 amide bonds. The van der Waals surface area contributed by atoms with Gasteiger partial charge in [-0.1, -0.05) is 6.07 Å². The Bertz CT molecular complexity index is 411. The van der Waals surface area contributed by atoms with Crippen molar-refractivity contribution in [3.05, 3.63) is 29.1 Å². The van der Waals surface area contributed by atoms with Crippen LogP contribution in [0.1, 0.15) is 0 Å². The van der Waals surface area contributed by atoms with Gasteiger partial charge >= 0.3 is 0 Å². The van der Waals surface area contributed by atoms with E-state index in [0.717, 1.165) is 4.21 Å². The van der Waals surface area contributed by atoms with Crippen LogP contribution in [0.4, 0.5) is 5.13 Å². The van der Waals surface area contributed by atoms with Gasteiger partial charge in [-0.25, -0.2) is 4.98 Å². The lowest BCUT2D eigenvalue weighted by atomic mass is 10.7. The summed E-state index contributed by atoms with van der Waals surface area (Å²) < 4.78 is 1.16. The average Bonchev–Trinajstić information content (AvgIpc) is 2.86. The summed E-state index contributed by atoms with van der Waals surface area (Å²) in [6, 6.07) is 3.98. The predicted molar refractivity (Wildman–Crippen MR) is 65.8 cm³/mol. The molecule has 0 unspecified atom stereocenters. The molecule has 0 aliphatic heterocycles. The number of nitrogens with one attached hydrogen (secondary N) is 1. The summed E-state index contributed by atoms with van der Waals surface area (Å²) in [5, 5.41) is 7.23. The number of carbonyl (C=O) groups excluding carboxylic acids is 1. The van der Waals surface area contributed by atoms with Crippen molar-refractivity contribution < 1.29 is 4.79 Å². The van der Waals surface area contributed by atoms with Gasteiger partial charge in [0.1, 0.15) is 0 Å². The summed E-state index contributed by atoms with van der Waals surface area (Å²) in [7, 11) is 0. The molecule has 2 rings (SSSR count). The maximum atomic E-state index is 11.4. The minimum Gasteiger partial charge on any atom is -0.301 e. The summed E-state index contributed by atoms with van der Waals surface area (Å²) in [6.07, 6.45) is 1.67. The van der Waals surface area contributed by atoms with Crippen LogP contribution < -0.4 is 5.32 Å². The van der Waals surface area contributed by atoms with Gasteiger partial charge in [-0.05, 0) is 11.4 Å². The highest BCUT2D eigenvalue weighted by Crippen LogP contribution is 2.23. The molecular formula is C9H8N2OS3. The molecule has 0 saturated carbocycles. The Morgan fingerprint density at radius 3 is 3.07 bits per heavy atom. The normalized spacial score (nSPS) is 10.1. The van der Waals surface area contributed by atoms with Crippen molar-refractivity contribution in [2.45, 2.75) is 4.21 Å². The number of anilines is 1. The van der Waals surface area contributed by atoms with Crippen LogP contribution in [0, 0.1) is 0 Å². The molecular weight excluding hydrogens is 248 g/mol. The third kappa shape index (κ3) is 3.33. The predicted octanol–water partition coefficient (Wildman–Crippen LogP) is 2.94. The van der Waals surface area contributed by atoms with E-state index in [2.05, 4.69) is 10.3 Å². The zero-order valence-corrected chi connectivity index (χ0v) is 10.1. The fraction of sp³-hybridized carbons (Fsp3) is 0.111. The monoisotopic (exact) mass is 256 g/mol. The summed E-state index contributed by atoms with van der Waals surface area (Å²) >= 11 is 4.61.